The molecule has 55 heavy (non-hydrogen) atoms. The minimum absolute atomic E-state index is 0.0162. The van der Waals surface area contributed by atoms with E-state index in [0.29, 0.717) is 35.1 Å². The summed E-state index contributed by atoms with van der Waals surface area (Å²) in [6.07, 6.45) is 5.24. The van der Waals surface area contributed by atoms with Crippen molar-refractivity contribution in [1.29, 1.82) is 0 Å². The van der Waals surface area contributed by atoms with Crippen molar-refractivity contribution in [2.75, 3.05) is 0 Å². The van der Waals surface area contributed by atoms with Gasteiger partial charge in [-0.05, 0) is 105 Å². The Morgan fingerprint density at radius 3 is 2.31 bits per heavy atom. The van der Waals surface area contributed by atoms with Crippen LogP contribution in [0.4, 0.5) is 0 Å². The monoisotopic (exact) mass is 734 g/mol. The molecular formula is C48H46O7. The van der Waals surface area contributed by atoms with Gasteiger partial charge >= 0.3 is 17.6 Å². The highest BCUT2D eigenvalue weighted by atomic mass is 16.6. The van der Waals surface area contributed by atoms with Crippen molar-refractivity contribution in [3.8, 4) is 5.75 Å². The third kappa shape index (κ3) is 7.53. The minimum atomic E-state index is -1.10. The molecule has 4 heterocycles. The zero-order chi connectivity index (χ0) is 38.3. The molecule has 4 aliphatic rings. The quantitative estimate of drug-likeness (QED) is 0.0789. The molecule has 4 aromatic carbocycles. The summed E-state index contributed by atoms with van der Waals surface area (Å²) in [5.41, 5.74) is 6.32. The van der Waals surface area contributed by atoms with Crippen LogP contribution in [0.5, 0.6) is 5.75 Å². The van der Waals surface area contributed by atoms with E-state index < -0.39 is 35.4 Å². The van der Waals surface area contributed by atoms with Crippen LogP contribution in [0.25, 0.3) is 11.0 Å². The lowest BCUT2D eigenvalue weighted by atomic mass is 9.72. The predicted octanol–water partition coefficient (Wildman–Crippen LogP) is 9.87. The number of hydrogen-bond acceptors (Lipinski definition) is 7. The van der Waals surface area contributed by atoms with E-state index >= 15 is 0 Å². The molecule has 5 atom stereocenters. The molecule has 0 saturated heterocycles. The van der Waals surface area contributed by atoms with E-state index in [1.165, 1.54) is 22.8 Å². The van der Waals surface area contributed by atoms with Crippen LogP contribution < -0.4 is 10.4 Å². The van der Waals surface area contributed by atoms with Crippen LogP contribution in [-0.4, -0.2) is 23.6 Å². The molecule has 9 rings (SSSR count). The smallest absolute Gasteiger partial charge is 0.336 e. The standard InChI is InChI=1S/C48H46O7/c1-29(2)38-21-15-30-13-16-33(17-14-30)39-22-18-36(35-12-8-11-32(26-35)25-31-9-6-5-7-10-31)27-37(39)28-42(50)53-45-43-40(55-48(3,4)46(45)54-47(38)51)23-19-34-20-24-41(49)52-44(34)43/h5-14,16-20,22-24,26,36-37,39,45-46H,15,21,25,27-28H2,1-4H3/t36-,37+,39+,45-,46+/m1/s1. The van der Waals surface area contributed by atoms with E-state index in [1.54, 1.807) is 18.2 Å². The van der Waals surface area contributed by atoms with Gasteiger partial charge in [0, 0.05) is 35.3 Å². The van der Waals surface area contributed by atoms with Crippen LogP contribution in [-0.2, 0) is 31.9 Å². The molecule has 0 fully saturated rings. The highest BCUT2D eigenvalue weighted by molar-refractivity contribution is 5.90. The summed E-state index contributed by atoms with van der Waals surface area (Å²) in [5.74, 6) is -0.522. The maximum Gasteiger partial charge on any atom is 0.336 e. The maximum atomic E-state index is 14.5. The molecule has 5 aromatic rings. The lowest BCUT2D eigenvalue weighted by Crippen LogP contribution is -2.52. The molecule has 280 valence electrons. The first kappa shape index (κ1) is 36.3. The molecule has 7 heteroatoms. The van der Waals surface area contributed by atoms with Gasteiger partial charge in [0.25, 0.3) is 0 Å². The Labute approximate surface area is 321 Å². The summed E-state index contributed by atoms with van der Waals surface area (Å²) >= 11 is 0. The van der Waals surface area contributed by atoms with E-state index in [0.717, 1.165) is 29.5 Å². The third-order valence-electron chi connectivity index (χ3n) is 11.5. The molecule has 0 amide bonds. The van der Waals surface area contributed by atoms with Crippen LogP contribution in [0.15, 0.2) is 136 Å². The number of esters is 2. The van der Waals surface area contributed by atoms with E-state index in [4.69, 9.17) is 18.6 Å². The van der Waals surface area contributed by atoms with Gasteiger partial charge in [0.1, 0.15) is 16.9 Å². The number of rotatable bonds is 3. The maximum absolute atomic E-state index is 14.5. The van der Waals surface area contributed by atoms with Gasteiger partial charge in [-0.15, -0.1) is 0 Å². The van der Waals surface area contributed by atoms with Crippen molar-refractivity contribution < 1.29 is 28.2 Å². The number of fused-ring (bicyclic) bond motifs is 11. The number of carbonyl (C=O) groups is 2. The van der Waals surface area contributed by atoms with Crippen LogP contribution in [0.1, 0.15) is 98.3 Å². The molecule has 7 nitrogen and oxygen atoms in total. The Morgan fingerprint density at radius 2 is 1.53 bits per heavy atom. The summed E-state index contributed by atoms with van der Waals surface area (Å²) in [6.45, 7) is 7.44. The zero-order valence-corrected chi connectivity index (χ0v) is 31.7. The fourth-order valence-corrected chi connectivity index (χ4v) is 8.57. The molecule has 0 radical (unpaired) electrons. The van der Waals surface area contributed by atoms with Gasteiger partial charge in [-0.25, -0.2) is 9.59 Å². The first-order valence-corrected chi connectivity index (χ1v) is 19.2. The van der Waals surface area contributed by atoms with Gasteiger partial charge in [0.2, 0.25) is 0 Å². The Hall–Kier alpha value is -5.69. The summed E-state index contributed by atoms with van der Waals surface area (Å²) in [5, 5.41) is 0.637. The SMILES string of the molecule is CC(C)=C1CCc2ccc(cc2)[C@@H]2C=C[C@@H](c3cccc(Cc4ccccc4)c3)C[C@H]2CC(=O)O[C@@H]2c3c(ccc4ccc(=O)oc34)OC(C)(C)[C@H]2OC1=O. The van der Waals surface area contributed by atoms with Crippen molar-refractivity contribution >= 4 is 22.9 Å². The molecule has 0 spiro atoms. The number of carbonyl (C=O) groups excluding carboxylic acids is 2. The summed E-state index contributed by atoms with van der Waals surface area (Å²) < 4.78 is 25.1. The second-order valence-corrected chi connectivity index (χ2v) is 15.9. The molecule has 3 aliphatic heterocycles. The van der Waals surface area contributed by atoms with Crippen molar-refractivity contribution in [1.82, 2.24) is 0 Å². The van der Waals surface area contributed by atoms with Crippen molar-refractivity contribution in [3.63, 3.8) is 0 Å². The molecule has 1 aromatic heterocycles. The van der Waals surface area contributed by atoms with Gasteiger partial charge < -0.3 is 18.6 Å². The fourth-order valence-electron chi connectivity index (χ4n) is 8.57. The second-order valence-electron chi connectivity index (χ2n) is 15.9. The predicted molar refractivity (Wildman–Crippen MR) is 212 cm³/mol. The lowest BCUT2D eigenvalue weighted by molar-refractivity contribution is -0.188. The van der Waals surface area contributed by atoms with Crippen molar-refractivity contribution in [2.45, 2.75) is 89.4 Å². The van der Waals surface area contributed by atoms with Gasteiger partial charge in [-0.2, -0.15) is 0 Å². The van der Waals surface area contributed by atoms with Crippen LogP contribution in [0, 0.1) is 5.92 Å². The summed E-state index contributed by atoms with van der Waals surface area (Å²) in [6, 6.07) is 34.4. The van der Waals surface area contributed by atoms with Gasteiger partial charge in [0.05, 0.1) is 5.56 Å². The van der Waals surface area contributed by atoms with Gasteiger partial charge in [-0.3, -0.25) is 4.79 Å². The van der Waals surface area contributed by atoms with E-state index in [1.807, 2.05) is 33.8 Å². The molecule has 0 N–H and O–H groups in total. The number of allylic oxidation sites excluding steroid dienone is 3. The van der Waals surface area contributed by atoms with E-state index in [9.17, 15) is 14.4 Å². The molecule has 1 aliphatic carbocycles. The number of benzene rings is 4. The zero-order valence-electron chi connectivity index (χ0n) is 31.7. The fraction of sp³-hybridized carbons (Fsp3) is 0.312. The first-order valence-electron chi connectivity index (χ1n) is 19.2. The Kier molecular flexibility index (Phi) is 9.80. The normalized spacial score (nSPS) is 23.5. The summed E-state index contributed by atoms with van der Waals surface area (Å²) in [7, 11) is 0. The summed E-state index contributed by atoms with van der Waals surface area (Å²) in [4.78, 5) is 41.2. The molecule has 2 bridgehead atoms. The highest BCUT2D eigenvalue weighted by Crippen LogP contribution is 2.48. The van der Waals surface area contributed by atoms with Gasteiger partial charge in [-0.1, -0.05) is 96.6 Å². The Bertz CT molecular complexity index is 2360. The topological polar surface area (TPSA) is 92.0 Å². The molecule has 0 saturated carbocycles. The van der Waals surface area contributed by atoms with E-state index in [2.05, 4.69) is 84.9 Å². The van der Waals surface area contributed by atoms with Gasteiger partial charge in [0.15, 0.2) is 12.2 Å². The minimum Gasteiger partial charge on any atom is -0.483 e. The van der Waals surface area contributed by atoms with Crippen LogP contribution in [0.3, 0.4) is 0 Å². The Morgan fingerprint density at radius 1 is 0.764 bits per heavy atom. The molecular weight excluding hydrogens is 689 g/mol. The highest BCUT2D eigenvalue weighted by Gasteiger charge is 2.50. The number of hydrogen-bond donors (Lipinski definition) is 0. The average Bonchev–Trinajstić information content (AvgIpc) is 3.16. The molecule has 0 unspecified atom stereocenters. The van der Waals surface area contributed by atoms with Crippen molar-refractivity contribution in [3.05, 3.63) is 170 Å². The average molecular weight is 735 g/mol. The lowest BCUT2D eigenvalue weighted by Gasteiger charge is -2.43. The Balaban J connectivity index is 1.19. The van der Waals surface area contributed by atoms with Crippen LogP contribution >= 0.6 is 0 Å². The first-order chi connectivity index (χ1) is 26.5. The van der Waals surface area contributed by atoms with Crippen molar-refractivity contribution in [2.24, 2.45) is 5.92 Å². The third-order valence-corrected chi connectivity index (χ3v) is 11.5. The number of aryl methyl sites for hydroxylation is 1. The largest absolute Gasteiger partial charge is 0.483 e. The number of ether oxygens (including phenoxy) is 3. The van der Waals surface area contributed by atoms with Crippen LogP contribution in [0.2, 0.25) is 0 Å². The van der Waals surface area contributed by atoms with E-state index in [-0.39, 0.29) is 29.8 Å². The second kappa shape index (κ2) is 14.9.